The summed E-state index contributed by atoms with van der Waals surface area (Å²) in [5, 5.41) is 7.07. The van der Waals surface area contributed by atoms with E-state index in [1.54, 1.807) is 6.07 Å². The number of rotatable bonds is 5. The first kappa shape index (κ1) is 13.5. The molecule has 1 saturated carbocycles. The van der Waals surface area contributed by atoms with Gasteiger partial charge in [0.1, 0.15) is 6.54 Å². The Hall–Kier alpha value is -2.43. The highest BCUT2D eigenvalue weighted by Crippen LogP contribution is 2.38. The van der Waals surface area contributed by atoms with Gasteiger partial charge in [-0.05, 0) is 24.5 Å². The zero-order valence-electron chi connectivity index (χ0n) is 11.7. The maximum absolute atomic E-state index is 11.9. The number of benzene rings is 1. The van der Waals surface area contributed by atoms with Crippen LogP contribution in [0, 0.1) is 0 Å². The lowest BCUT2D eigenvalue weighted by Gasteiger charge is -2.08. The zero-order chi connectivity index (χ0) is 14.7. The van der Waals surface area contributed by atoms with Gasteiger partial charge in [-0.2, -0.15) is 5.10 Å². The molecule has 0 bridgehead atoms. The quantitative estimate of drug-likeness (QED) is 0.903. The maximum Gasteiger partial charge on any atom is 0.267 e. The second-order valence-corrected chi connectivity index (χ2v) is 5.29. The molecule has 5 nitrogen and oxygen atoms in total. The summed E-state index contributed by atoms with van der Waals surface area (Å²) in [6, 6.07) is 12.9. The lowest BCUT2D eigenvalue weighted by molar-refractivity contribution is -0.122. The van der Waals surface area contributed by atoms with Crippen molar-refractivity contribution in [3.63, 3.8) is 0 Å². The average Bonchev–Trinajstić information content (AvgIpc) is 3.33. The predicted molar refractivity (Wildman–Crippen MR) is 78.8 cm³/mol. The fraction of sp³-hybridized carbons (Fsp3) is 0.312. The lowest BCUT2D eigenvalue weighted by atomic mass is 10.2. The average molecular weight is 283 g/mol. The van der Waals surface area contributed by atoms with Crippen LogP contribution in [0.15, 0.2) is 47.3 Å². The molecule has 21 heavy (non-hydrogen) atoms. The Bertz CT molecular complexity index is 690. The highest BCUT2D eigenvalue weighted by atomic mass is 16.2. The summed E-state index contributed by atoms with van der Waals surface area (Å²) >= 11 is 0. The Balaban J connectivity index is 1.62. The van der Waals surface area contributed by atoms with Gasteiger partial charge in [0, 0.05) is 18.5 Å². The summed E-state index contributed by atoms with van der Waals surface area (Å²) in [7, 11) is 0. The molecule has 1 aromatic heterocycles. The highest BCUT2D eigenvalue weighted by molar-refractivity contribution is 5.75. The van der Waals surface area contributed by atoms with E-state index in [4.69, 9.17) is 0 Å². The van der Waals surface area contributed by atoms with E-state index < -0.39 is 0 Å². The van der Waals surface area contributed by atoms with Crippen LogP contribution in [0.4, 0.5) is 0 Å². The summed E-state index contributed by atoms with van der Waals surface area (Å²) in [5.74, 6) is 0.255. The molecule has 0 spiro atoms. The van der Waals surface area contributed by atoms with E-state index in [9.17, 15) is 9.59 Å². The molecule has 5 heteroatoms. The van der Waals surface area contributed by atoms with Gasteiger partial charge in [-0.3, -0.25) is 9.59 Å². The van der Waals surface area contributed by atoms with Gasteiger partial charge >= 0.3 is 0 Å². The largest absolute Gasteiger partial charge is 0.350 e. The summed E-state index contributed by atoms with van der Waals surface area (Å²) in [6.07, 6.45) is 2.23. The van der Waals surface area contributed by atoms with Gasteiger partial charge in [-0.1, -0.05) is 30.3 Å². The van der Waals surface area contributed by atoms with Crippen LogP contribution in [0.5, 0.6) is 0 Å². The van der Waals surface area contributed by atoms with Crippen molar-refractivity contribution >= 4 is 5.91 Å². The lowest BCUT2D eigenvalue weighted by Crippen LogP contribution is -2.33. The number of carbonyl (C=O) groups excluding carboxylic acids is 1. The van der Waals surface area contributed by atoms with Crippen molar-refractivity contribution in [2.75, 3.05) is 0 Å². The molecule has 1 amide bonds. The first-order valence-electron chi connectivity index (χ1n) is 7.11. The molecule has 1 heterocycles. The molecule has 0 aliphatic heterocycles. The predicted octanol–water partition coefficient (Wildman–Crippen LogP) is 1.44. The Morgan fingerprint density at radius 3 is 2.67 bits per heavy atom. The number of nitrogens with zero attached hydrogens (tertiary/aromatic N) is 2. The highest BCUT2D eigenvalue weighted by Gasteiger charge is 2.25. The van der Waals surface area contributed by atoms with Crippen LogP contribution in [-0.4, -0.2) is 15.7 Å². The zero-order valence-corrected chi connectivity index (χ0v) is 11.7. The molecular weight excluding hydrogens is 266 g/mol. The molecule has 0 saturated heterocycles. The first-order chi connectivity index (χ1) is 10.2. The minimum absolute atomic E-state index is 0.0355. The Labute approximate surface area is 122 Å². The monoisotopic (exact) mass is 283 g/mol. The van der Waals surface area contributed by atoms with Crippen LogP contribution in [0.2, 0.25) is 0 Å². The van der Waals surface area contributed by atoms with Crippen molar-refractivity contribution in [1.29, 1.82) is 0 Å². The minimum Gasteiger partial charge on any atom is -0.350 e. The number of hydrogen-bond donors (Lipinski definition) is 1. The van der Waals surface area contributed by atoms with E-state index in [1.807, 2.05) is 30.3 Å². The molecule has 2 aromatic rings. The van der Waals surface area contributed by atoms with Crippen LogP contribution in [0.3, 0.4) is 0 Å². The third-order valence-corrected chi connectivity index (χ3v) is 3.51. The van der Waals surface area contributed by atoms with Gasteiger partial charge in [-0.25, -0.2) is 4.68 Å². The summed E-state index contributed by atoms with van der Waals surface area (Å²) in [4.78, 5) is 23.7. The SMILES string of the molecule is O=C(Cn1nc(C2CC2)ccc1=O)NCc1ccccc1. The molecule has 108 valence electrons. The van der Waals surface area contributed by atoms with E-state index >= 15 is 0 Å². The second-order valence-electron chi connectivity index (χ2n) is 5.29. The van der Waals surface area contributed by atoms with E-state index in [2.05, 4.69) is 10.4 Å². The molecule has 1 fully saturated rings. The van der Waals surface area contributed by atoms with Crippen LogP contribution in [0.1, 0.15) is 30.0 Å². The first-order valence-corrected chi connectivity index (χ1v) is 7.11. The van der Waals surface area contributed by atoms with Gasteiger partial charge < -0.3 is 5.32 Å². The number of hydrogen-bond acceptors (Lipinski definition) is 3. The molecule has 1 N–H and O–H groups in total. The number of carbonyl (C=O) groups is 1. The fourth-order valence-corrected chi connectivity index (χ4v) is 2.16. The van der Waals surface area contributed by atoms with Gasteiger partial charge in [0.2, 0.25) is 5.91 Å². The van der Waals surface area contributed by atoms with E-state index in [0.29, 0.717) is 12.5 Å². The van der Waals surface area contributed by atoms with Gasteiger partial charge in [-0.15, -0.1) is 0 Å². The molecule has 0 radical (unpaired) electrons. The topological polar surface area (TPSA) is 64.0 Å². The molecule has 1 aliphatic carbocycles. The molecule has 1 aliphatic rings. The van der Waals surface area contributed by atoms with Gasteiger partial charge in [0.15, 0.2) is 0 Å². The summed E-state index contributed by atoms with van der Waals surface area (Å²) in [6.45, 7) is 0.420. The van der Waals surface area contributed by atoms with Crippen LogP contribution in [0.25, 0.3) is 0 Å². The van der Waals surface area contributed by atoms with Gasteiger partial charge in [0.25, 0.3) is 5.56 Å². The summed E-state index contributed by atoms with van der Waals surface area (Å²) < 4.78 is 1.24. The second kappa shape index (κ2) is 5.91. The molecular formula is C16H17N3O2. The minimum atomic E-state index is -0.241. The van der Waals surface area contributed by atoms with Crippen molar-refractivity contribution in [1.82, 2.24) is 15.1 Å². The standard InChI is InChI=1S/C16H17N3O2/c20-15(17-10-12-4-2-1-3-5-12)11-19-16(21)9-8-14(18-19)13-6-7-13/h1-5,8-9,13H,6-7,10-11H2,(H,17,20). The molecule has 0 unspecified atom stereocenters. The number of nitrogens with one attached hydrogen (secondary N) is 1. The van der Waals surface area contributed by atoms with Crippen LogP contribution in [-0.2, 0) is 17.9 Å². The molecule has 0 atom stereocenters. The fourth-order valence-electron chi connectivity index (χ4n) is 2.16. The van der Waals surface area contributed by atoms with Crippen molar-refractivity contribution < 1.29 is 4.79 Å². The summed E-state index contributed by atoms with van der Waals surface area (Å²) in [5.41, 5.74) is 1.69. The normalized spacial score (nSPS) is 13.9. The van der Waals surface area contributed by atoms with E-state index in [0.717, 1.165) is 24.1 Å². The maximum atomic E-state index is 11.9. The Morgan fingerprint density at radius 1 is 1.19 bits per heavy atom. The third kappa shape index (κ3) is 3.56. The number of amides is 1. The Kier molecular flexibility index (Phi) is 3.81. The number of aromatic nitrogens is 2. The van der Waals surface area contributed by atoms with E-state index in [1.165, 1.54) is 10.7 Å². The van der Waals surface area contributed by atoms with Crippen molar-refractivity contribution in [3.8, 4) is 0 Å². The molecule has 3 rings (SSSR count). The smallest absolute Gasteiger partial charge is 0.267 e. The van der Waals surface area contributed by atoms with Crippen LogP contribution < -0.4 is 10.9 Å². The van der Waals surface area contributed by atoms with Crippen molar-refractivity contribution in [2.24, 2.45) is 0 Å². The Morgan fingerprint density at radius 2 is 1.95 bits per heavy atom. The van der Waals surface area contributed by atoms with Crippen molar-refractivity contribution in [3.05, 3.63) is 64.1 Å². The third-order valence-electron chi connectivity index (χ3n) is 3.51. The van der Waals surface area contributed by atoms with Gasteiger partial charge in [0.05, 0.1) is 5.69 Å². The van der Waals surface area contributed by atoms with Crippen LogP contribution >= 0.6 is 0 Å². The van der Waals surface area contributed by atoms with E-state index in [-0.39, 0.29) is 18.0 Å². The molecule has 1 aromatic carbocycles. The van der Waals surface area contributed by atoms with Crippen molar-refractivity contribution in [2.45, 2.75) is 31.8 Å².